The van der Waals surface area contributed by atoms with E-state index in [9.17, 15) is 39.3 Å². The van der Waals surface area contributed by atoms with Gasteiger partial charge >= 0.3 is 0 Å². The summed E-state index contributed by atoms with van der Waals surface area (Å²) in [6.45, 7) is 9.42. The van der Waals surface area contributed by atoms with Gasteiger partial charge in [-0.1, -0.05) is 60.8 Å². The van der Waals surface area contributed by atoms with Crippen LogP contribution >= 0.6 is 22.7 Å². The first kappa shape index (κ1) is 65.3. The van der Waals surface area contributed by atoms with E-state index in [1.54, 1.807) is 64.2 Å². The maximum atomic E-state index is 12.5. The summed E-state index contributed by atoms with van der Waals surface area (Å²) >= 11 is 3.36. The minimum absolute atomic E-state index is 0.00340. The largest absolute Gasteiger partial charge is 0.334 e. The molecule has 0 fully saturated rings. The van der Waals surface area contributed by atoms with Gasteiger partial charge < -0.3 is 19.6 Å². The van der Waals surface area contributed by atoms with Gasteiger partial charge in [0.05, 0.1) is 21.8 Å². The van der Waals surface area contributed by atoms with Crippen molar-refractivity contribution >= 4 is 114 Å². The molecule has 0 saturated heterocycles. The van der Waals surface area contributed by atoms with Crippen LogP contribution in [-0.4, -0.2) is 46.8 Å². The zero-order chi connectivity index (χ0) is 68.5. The number of carbonyl (C=O) groups is 6. The van der Waals surface area contributed by atoms with E-state index in [1.807, 2.05) is 121 Å². The molecule has 14 heteroatoms. The topological polar surface area (TPSA) is 163 Å². The second-order valence-corrected chi connectivity index (χ2v) is 27.2. The number of nitriles is 2. The van der Waals surface area contributed by atoms with E-state index in [2.05, 4.69) is 141 Å². The van der Waals surface area contributed by atoms with Crippen LogP contribution in [0.5, 0.6) is 0 Å². The third-order valence-corrected chi connectivity index (χ3v) is 21.3. The highest BCUT2D eigenvalue weighted by molar-refractivity contribution is 7.23. The first-order valence-electron chi connectivity index (χ1n) is 32.6. The Labute approximate surface area is 578 Å². The number of anilines is 8. The molecule has 2 heterocycles. The smallest absolute Gasteiger partial charge is 0.159 e. The van der Waals surface area contributed by atoms with Crippen LogP contribution in [-0.2, 0) is 9.59 Å². The van der Waals surface area contributed by atoms with Gasteiger partial charge in [-0.3, -0.25) is 28.8 Å². The molecule has 98 heavy (non-hydrogen) atoms. The van der Waals surface area contributed by atoms with Gasteiger partial charge in [-0.05, 0) is 243 Å². The summed E-state index contributed by atoms with van der Waals surface area (Å²) < 4.78 is 0. The van der Waals surface area contributed by atoms with E-state index in [1.165, 1.54) is 0 Å². The molecule has 13 rings (SSSR count). The van der Waals surface area contributed by atoms with Crippen molar-refractivity contribution in [2.24, 2.45) is 5.92 Å². The lowest BCUT2D eigenvalue weighted by molar-refractivity contribution is -0.119. The lowest BCUT2D eigenvalue weighted by Crippen LogP contribution is -2.30. The van der Waals surface area contributed by atoms with Gasteiger partial charge in [0, 0.05) is 123 Å². The molecule has 0 N–H and O–H groups in total. The number of Topliss-reactive ketones (excluding diaryl/α,β-unsaturated/α-hetero) is 6. The van der Waals surface area contributed by atoms with Crippen LogP contribution in [0.15, 0.2) is 253 Å². The molecule has 0 bridgehead atoms. The molecule has 6 aromatic carbocycles. The Balaban J connectivity index is 0.772. The fraction of sp³-hybridized carbons (Fsp3) is 0.167. The summed E-state index contributed by atoms with van der Waals surface area (Å²) in [5.74, 6) is -0.145. The first-order valence-corrected chi connectivity index (χ1v) is 34.3. The molecule has 482 valence electrons. The fourth-order valence-corrected chi connectivity index (χ4v) is 16.0. The van der Waals surface area contributed by atoms with Crippen molar-refractivity contribution in [1.29, 1.82) is 10.5 Å². The van der Waals surface area contributed by atoms with E-state index in [0.29, 0.717) is 59.1 Å². The molecule has 0 aliphatic heterocycles. The molecule has 8 aromatic rings. The minimum Gasteiger partial charge on any atom is -0.334 e. The summed E-state index contributed by atoms with van der Waals surface area (Å²) in [5, 5.41) is 21.0. The fourth-order valence-electron chi connectivity index (χ4n) is 13.4. The Kier molecular flexibility index (Phi) is 18.5. The average molecular weight is 1320 g/mol. The van der Waals surface area contributed by atoms with Crippen LogP contribution in [0.2, 0.25) is 0 Å². The monoisotopic (exact) mass is 1320 g/mol. The van der Waals surface area contributed by atoms with Crippen molar-refractivity contribution in [1.82, 2.24) is 0 Å². The van der Waals surface area contributed by atoms with Crippen LogP contribution in [0.3, 0.4) is 0 Å². The third kappa shape index (κ3) is 13.1. The van der Waals surface area contributed by atoms with Gasteiger partial charge in [-0.15, -0.1) is 22.7 Å². The quantitative estimate of drug-likeness (QED) is 0.0525. The Bertz CT molecular complexity index is 4940. The number of fused-ring (bicyclic) bond motifs is 3. The number of nitrogens with zero attached hydrogens (tertiary/aromatic N) is 6. The molecule has 12 nitrogen and oxygen atoms in total. The summed E-state index contributed by atoms with van der Waals surface area (Å²) in [7, 11) is 0. The molecule has 4 unspecified atom stereocenters. The SMILES string of the molecule is CC(=O)C1=CCC(N(c2ccc(C(C)=O)cc2)c2ccc(N(C3=CCC(c4cc5c(s4)-c4sc(C6=CCC(N(c7ccc(C(C)=O)cc7)c7ccc(N(C8=CCC(C(C)=O)C=C8)c8ccc(C(C)=O)cc8)cc7)C=C6)cc4C5=C(C#N)C#N)C=C3)c3ccc(C(C)=O)cc3)cc2)C=C1. The van der Waals surface area contributed by atoms with Crippen LogP contribution in [0.4, 0.5) is 45.5 Å². The first-order chi connectivity index (χ1) is 47.4. The number of ketones is 6. The van der Waals surface area contributed by atoms with Crippen molar-refractivity contribution in [2.75, 3.05) is 19.6 Å². The number of carbonyl (C=O) groups excluding carboxylic acids is 6. The van der Waals surface area contributed by atoms with Gasteiger partial charge in [-0.25, -0.2) is 0 Å². The van der Waals surface area contributed by atoms with Gasteiger partial charge in [0.25, 0.3) is 0 Å². The average Bonchev–Trinajstić information content (AvgIpc) is 1.52. The number of hydrogen-bond donors (Lipinski definition) is 0. The number of rotatable bonds is 20. The summed E-state index contributed by atoms with van der Waals surface area (Å²) in [4.78, 5) is 87.3. The highest BCUT2D eigenvalue weighted by Crippen LogP contribution is 2.56. The van der Waals surface area contributed by atoms with Crippen LogP contribution in [0.1, 0.15) is 135 Å². The summed E-state index contributed by atoms with van der Waals surface area (Å²) in [6, 6.07) is 55.7. The van der Waals surface area contributed by atoms with E-state index in [-0.39, 0.29) is 64.2 Å². The molecular weight excluding hydrogens is 1250 g/mol. The predicted octanol–water partition coefficient (Wildman–Crippen LogP) is 19.9. The van der Waals surface area contributed by atoms with Gasteiger partial charge in [0.1, 0.15) is 23.5 Å². The number of benzene rings is 6. The number of hydrogen-bond acceptors (Lipinski definition) is 14. The van der Waals surface area contributed by atoms with Crippen molar-refractivity contribution in [3.8, 4) is 21.9 Å². The van der Waals surface area contributed by atoms with Crippen molar-refractivity contribution in [2.45, 2.75) is 85.2 Å². The van der Waals surface area contributed by atoms with E-state index in [4.69, 9.17) is 0 Å². The van der Waals surface area contributed by atoms with Crippen LogP contribution in [0.25, 0.3) is 20.9 Å². The summed E-state index contributed by atoms with van der Waals surface area (Å²) in [6.07, 6.45) is 27.6. The standard InChI is InChI=1S/C84H68N6O6S2/c1-51(91)57-7-23-66(24-8-57)87(67-25-9-58(10-26-67)52(2)92)74-39-43-76(44-40-74)89(70-31-15-61(16-32-70)55(5)95)72-35-19-63(20-36-72)80-47-78-82(65(49-85)50-86)79-48-81(98-84(79)83(78)97-80)64-21-37-73(38-22-64)90(71-33-17-62(18-34-71)56(6)96)77-45-41-75(42-46-77)88(68-27-11-59(12-28-68)53(3)93)69-29-13-60(14-30-69)54(4)94/h7-13,15-19,21-25,27-37,39-48,60,63,67,73H,14,20,26,38H2,1-6H3. The molecule has 5 aliphatic rings. The highest BCUT2D eigenvalue weighted by Gasteiger charge is 2.35. The molecule has 0 radical (unpaired) electrons. The zero-order valence-corrected chi connectivity index (χ0v) is 56.7. The van der Waals surface area contributed by atoms with E-state index in [0.717, 1.165) is 93.1 Å². The zero-order valence-electron chi connectivity index (χ0n) is 55.0. The minimum atomic E-state index is -0.187. The summed E-state index contributed by atoms with van der Waals surface area (Å²) in [5.41, 5.74) is 15.7. The molecule has 0 amide bonds. The number of allylic oxidation sites excluding steroid dienone is 11. The maximum absolute atomic E-state index is 12.5. The normalized spacial score (nSPS) is 17.2. The van der Waals surface area contributed by atoms with Crippen molar-refractivity contribution in [3.05, 3.63) is 296 Å². The van der Waals surface area contributed by atoms with E-state index < -0.39 is 0 Å². The molecule has 5 aliphatic carbocycles. The lowest BCUT2D eigenvalue weighted by atomic mass is 9.94. The second kappa shape index (κ2) is 27.7. The van der Waals surface area contributed by atoms with Crippen LogP contribution in [0, 0.1) is 28.6 Å². The predicted molar refractivity (Wildman–Crippen MR) is 395 cm³/mol. The molecule has 0 spiro atoms. The second-order valence-electron chi connectivity index (χ2n) is 25.0. The molecule has 0 saturated carbocycles. The number of thiophene rings is 2. The Hall–Kier alpha value is -11.4. The van der Waals surface area contributed by atoms with E-state index >= 15 is 0 Å². The molecule has 2 aromatic heterocycles. The lowest BCUT2D eigenvalue weighted by Gasteiger charge is -2.34. The Morgan fingerprint density at radius 3 is 1.17 bits per heavy atom. The van der Waals surface area contributed by atoms with Gasteiger partial charge in [-0.2, -0.15) is 10.5 Å². The Morgan fingerprint density at radius 1 is 0.408 bits per heavy atom. The third-order valence-electron chi connectivity index (χ3n) is 18.7. The van der Waals surface area contributed by atoms with Crippen molar-refractivity contribution in [3.63, 3.8) is 0 Å². The maximum Gasteiger partial charge on any atom is 0.159 e. The van der Waals surface area contributed by atoms with Crippen LogP contribution < -0.4 is 19.6 Å². The van der Waals surface area contributed by atoms with Crippen molar-refractivity contribution < 1.29 is 28.8 Å². The van der Waals surface area contributed by atoms with Gasteiger partial charge in [0.15, 0.2) is 28.9 Å². The van der Waals surface area contributed by atoms with Gasteiger partial charge in [0.2, 0.25) is 0 Å². The Morgan fingerprint density at radius 2 is 0.806 bits per heavy atom. The molecular formula is C84H68N6O6S2. The molecule has 4 atom stereocenters. The highest BCUT2D eigenvalue weighted by atomic mass is 32.1.